The fraction of sp³-hybridized carbons (Fsp3) is 0.214. The maximum absolute atomic E-state index is 13.2. The molecule has 4 rings (SSSR count). The van der Waals surface area contributed by atoms with Crippen molar-refractivity contribution in [2.24, 2.45) is 0 Å². The highest BCUT2D eigenvalue weighted by atomic mass is 19.1. The van der Waals surface area contributed by atoms with Crippen LogP contribution in [-0.4, -0.2) is 19.5 Å². The van der Waals surface area contributed by atoms with E-state index in [1.165, 1.54) is 31.3 Å². The third kappa shape index (κ3) is 1.89. The van der Waals surface area contributed by atoms with Crippen molar-refractivity contribution < 1.29 is 4.39 Å². The number of halogens is 1. The van der Waals surface area contributed by atoms with Crippen molar-refractivity contribution >= 4 is 22.7 Å². The van der Waals surface area contributed by atoms with Crippen LogP contribution in [0.15, 0.2) is 36.9 Å². The minimum Gasteiger partial charge on any atom is -0.338 e. The molecule has 5 nitrogen and oxygen atoms in total. The van der Waals surface area contributed by atoms with Gasteiger partial charge in [0.15, 0.2) is 17.0 Å². The van der Waals surface area contributed by atoms with Gasteiger partial charge in [0.1, 0.15) is 12.1 Å². The molecule has 100 valence electrons. The molecule has 0 unspecified atom stereocenters. The van der Waals surface area contributed by atoms with Crippen LogP contribution in [0.4, 0.5) is 15.9 Å². The van der Waals surface area contributed by atoms with Gasteiger partial charge in [0, 0.05) is 11.7 Å². The van der Waals surface area contributed by atoms with Gasteiger partial charge in [-0.15, -0.1) is 0 Å². The smallest absolute Gasteiger partial charge is 0.165 e. The Hall–Kier alpha value is -2.50. The molecule has 1 aliphatic rings. The van der Waals surface area contributed by atoms with E-state index in [-0.39, 0.29) is 5.82 Å². The van der Waals surface area contributed by atoms with E-state index in [4.69, 9.17) is 0 Å². The van der Waals surface area contributed by atoms with E-state index in [0.29, 0.717) is 23.1 Å². The summed E-state index contributed by atoms with van der Waals surface area (Å²) in [6, 6.07) is 6.78. The molecule has 6 heteroatoms. The lowest BCUT2D eigenvalue weighted by Crippen LogP contribution is -1.98. The summed E-state index contributed by atoms with van der Waals surface area (Å²) in [5, 5.41) is 3.09. The van der Waals surface area contributed by atoms with Gasteiger partial charge in [-0.05, 0) is 31.0 Å². The number of benzene rings is 1. The van der Waals surface area contributed by atoms with Crippen molar-refractivity contribution in [2.45, 2.75) is 18.9 Å². The zero-order valence-electron chi connectivity index (χ0n) is 10.6. The van der Waals surface area contributed by atoms with E-state index in [2.05, 4.69) is 24.8 Å². The summed E-state index contributed by atoms with van der Waals surface area (Å²) in [6.45, 7) is 0. The lowest BCUT2D eigenvalue weighted by molar-refractivity contribution is 0.628. The summed E-state index contributed by atoms with van der Waals surface area (Å²) in [7, 11) is 0. The van der Waals surface area contributed by atoms with Crippen LogP contribution in [0.5, 0.6) is 0 Å². The van der Waals surface area contributed by atoms with Crippen LogP contribution in [0.1, 0.15) is 18.9 Å². The molecule has 2 heterocycles. The SMILES string of the molecule is Fc1cccc(Nc2ncnc3c2ncn3C2CC2)c1. The Labute approximate surface area is 114 Å². The highest BCUT2D eigenvalue weighted by Crippen LogP contribution is 2.37. The molecule has 0 saturated heterocycles. The fourth-order valence-corrected chi connectivity index (χ4v) is 2.27. The summed E-state index contributed by atoms with van der Waals surface area (Å²) in [4.78, 5) is 12.9. The lowest BCUT2D eigenvalue weighted by Gasteiger charge is -2.06. The minimum absolute atomic E-state index is 0.288. The molecule has 0 amide bonds. The molecule has 0 atom stereocenters. The molecule has 1 fully saturated rings. The number of hydrogen-bond acceptors (Lipinski definition) is 4. The molecule has 0 spiro atoms. The first-order valence-electron chi connectivity index (χ1n) is 6.51. The average molecular weight is 269 g/mol. The van der Waals surface area contributed by atoms with Crippen LogP contribution in [0.25, 0.3) is 11.2 Å². The summed E-state index contributed by atoms with van der Waals surface area (Å²) in [6.07, 6.45) is 5.64. The van der Waals surface area contributed by atoms with Crippen LogP contribution in [0.3, 0.4) is 0 Å². The van der Waals surface area contributed by atoms with Crippen molar-refractivity contribution in [3.63, 3.8) is 0 Å². The highest BCUT2D eigenvalue weighted by molar-refractivity contribution is 5.85. The van der Waals surface area contributed by atoms with Gasteiger partial charge in [-0.1, -0.05) is 6.07 Å². The molecular formula is C14H12FN5. The van der Waals surface area contributed by atoms with Gasteiger partial charge >= 0.3 is 0 Å². The Balaban J connectivity index is 1.76. The molecule has 2 aromatic heterocycles. The zero-order valence-corrected chi connectivity index (χ0v) is 10.6. The maximum atomic E-state index is 13.2. The predicted molar refractivity (Wildman–Crippen MR) is 73.3 cm³/mol. The highest BCUT2D eigenvalue weighted by Gasteiger charge is 2.26. The quantitative estimate of drug-likeness (QED) is 0.794. The van der Waals surface area contributed by atoms with E-state index in [1.807, 2.05) is 0 Å². The Kier molecular flexibility index (Phi) is 2.42. The zero-order chi connectivity index (χ0) is 13.5. The summed E-state index contributed by atoms with van der Waals surface area (Å²) in [5.41, 5.74) is 2.18. The van der Waals surface area contributed by atoms with Crippen LogP contribution < -0.4 is 5.32 Å². The van der Waals surface area contributed by atoms with E-state index >= 15 is 0 Å². The summed E-state index contributed by atoms with van der Waals surface area (Å²) < 4.78 is 15.3. The first kappa shape index (κ1) is 11.3. The molecular weight excluding hydrogens is 257 g/mol. The van der Waals surface area contributed by atoms with Gasteiger partial charge in [-0.25, -0.2) is 19.3 Å². The van der Waals surface area contributed by atoms with Gasteiger partial charge in [0.2, 0.25) is 0 Å². The van der Waals surface area contributed by atoms with Crippen molar-refractivity contribution in [1.82, 2.24) is 19.5 Å². The van der Waals surface area contributed by atoms with Gasteiger partial charge < -0.3 is 9.88 Å². The lowest BCUT2D eigenvalue weighted by atomic mass is 10.3. The van der Waals surface area contributed by atoms with Crippen LogP contribution in [0.2, 0.25) is 0 Å². The van der Waals surface area contributed by atoms with E-state index in [0.717, 1.165) is 5.65 Å². The largest absolute Gasteiger partial charge is 0.338 e. The van der Waals surface area contributed by atoms with Crippen molar-refractivity contribution in [3.8, 4) is 0 Å². The van der Waals surface area contributed by atoms with Crippen LogP contribution >= 0.6 is 0 Å². The molecule has 1 N–H and O–H groups in total. The molecule has 0 radical (unpaired) electrons. The molecule has 20 heavy (non-hydrogen) atoms. The number of nitrogens with one attached hydrogen (secondary N) is 1. The van der Waals surface area contributed by atoms with E-state index < -0.39 is 0 Å². The first-order chi connectivity index (χ1) is 9.81. The number of anilines is 2. The van der Waals surface area contributed by atoms with E-state index in [1.54, 1.807) is 18.5 Å². The molecule has 1 aromatic carbocycles. The molecule has 1 saturated carbocycles. The van der Waals surface area contributed by atoms with Gasteiger partial charge in [0.25, 0.3) is 0 Å². The predicted octanol–water partition coefficient (Wildman–Crippen LogP) is 3.04. The van der Waals surface area contributed by atoms with Crippen molar-refractivity contribution in [2.75, 3.05) is 5.32 Å². The monoisotopic (exact) mass is 269 g/mol. The Morgan fingerprint density at radius 2 is 2.10 bits per heavy atom. The van der Waals surface area contributed by atoms with Gasteiger partial charge in [-0.2, -0.15) is 0 Å². The standard InChI is InChI=1S/C14H12FN5/c15-9-2-1-3-10(6-9)19-13-12-14(17-7-16-13)20(8-18-12)11-4-5-11/h1-3,6-8,11H,4-5H2,(H,16,17,19). The summed E-state index contributed by atoms with van der Waals surface area (Å²) >= 11 is 0. The second kappa shape index (κ2) is 4.26. The topological polar surface area (TPSA) is 55.6 Å². The molecule has 0 bridgehead atoms. The number of hydrogen-bond donors (Lipinski definition) is 1. The number of fused-ring (bicyclic) bond motifs is 1. The van der Waals surface area contributed by atoms with E-state index in [9.17, 15) is 4.39 Å². The Morgan fingerprint density at radius 1 is 1.20 bits per heavy atom. The Bertz CT molecular complexity index is 778. The molecule has 1 aliphatic carbocycles. The van der Waals surface area contributed by atoms with Crippen molar-refractivity contribution in [3.05, 3.63) is 42.7 Å². The third-order valence-corrected chi connectivity index (χ3v) is 3.39. The number of nitrogens with zero attached hydrogens (tertiary/aromatic N) is 4. The van der Waals surface area contributed by atoms with Crippen LogP contribution in [0, 0.1) is 5.82 Å². The fourth-order valence-electron chi connectivity index (χ4n) is 2.27. The summed E-state index contributed by atoms with van der Waals surface area (Å²) in [5.74, 6) is 0.309. The Morgan fingerprint density at radius 3 is 2.90 bits per heavy atom. The van der Waals surface area contributed by atoms with Crippen molar-refractivity contribution in [1.29, 1.82) is 0 Å². The molecule has 3 aromatic rings. The third-order valence-electron chi connectivity index (χ3n) is 3.39. The average Bonchev–Trinajstić information content (AvgIpc) is 3.19. The van der Waals surface area contributed by atoms with Gasteiger partial charge in [0.05, 0.1) is 6.33 Å². The second-order valence-corrected chi connectivity index (χ2v) is 4.91. The molecule has 0 aliphatic heterocycles. The second-order valence-electron chi connectivity index (χ2n) is 4.91. The number of aromatic nitrogens is 4. The van der Waals surface area contributed by atoms with Gasteiger partial charge in [-0.3, -0.25) is 0 Å². The first-order valence-corrected chi connectivity index (χ1v) is 6.51. The van der Waals surface area contributed by atoms with Crippen LogP contribution in [-0.2, 0) is 0 Å². The number of imidazole rings is 1. The maximum Gasteiger partial charge on any atom is 0.165 e. The number of rotatable bonds is 3. The normalized spacial score (nSPS) is 14.7. The minimum atomic E-state index is -0.288.